The van der Waals surface area contributed by atoms with Gasteiger partial charge in [-0.15, -0.1) is 0 Å². The van der Waals surface area contributed by atoms with E-state index in [1.807, 2.05) is 0 Å². The molecule has 0 atom stereocenters. The van der Waals surface area contributed by atoms with E-state index in [-0.39, 0.29) is 22.9 Å². The van der Waals surface area contributed by atoms with E-state index in [2.05, 4.69) is 10.6 Å². The number of hydrogen-bond donors (Lipinski definition) is 3. The van der Waals surface area contributed by atoms with Crippen LogP contribution in [0.25, 0.3) is 5.69 Å². The minimum absolute atomic E-state index is 0.0223. The summed E-state index contributed by atoms with van der Waals surface area (Å²) in [5.41, 5.74) is 6.28. The lowest BCUT2D eigenvalue weighted by atomic mass is 10.1. The summed E-state index contributed by atoms with van der Waals surface area (Å²) in [7, 11) is 1.54. The number of carbonyl (C=O) groups is 3. The van der Waals surface area contributed by atoms with Gasteiger partial charge >= 0.3 is 0 Å². The minimum atomic E-state index is -0.645. The molecule has 0 saturated carbocycles. The molecular weight excluding hydrogens is 388 g/mol. The van der Waals surface area contributed by atoms with Crippen molar-refractivity contribution < 1.29 is 19.1 Å². The van der Waals surface area contributed by atoms with Gasteiger partial charge in [-0.25, -0.2) is 0 Å². The van der Waals surface area contributed by atoms with E-state index in [4.69, 9.17) is 10.5 Å². The van der Waals surface area contributed by atoms with Gasteiger partial charge in [0.1, 0.15) is 17.3 Å². The molecule has 0 bridgehead atoms. The summed E-state index contributed by atoms with van der Waals surface area (Å²) < 4.78 is 6.91. The Balaban J connectivity index is 1.65. The number of nitrogens with one attached hydrogen (secondary N) is 2. The maximum absolute atomic E-state index is 12.5. The Labute approximate surface area is 170 Å². The van der Waals surface area contributed by atoms with Gasteiger partial charge in [-0.2, -0.15) is 0 Å². The molecule has 1 aliphatic rings. The number of ether oxygens (including phenoxy) is 1. The summed E-state index contributed by atoms with van der Waals surface area (Å²) in [6.07, 6.45) is 0. The maximum atomic E-state index is 12.5. The van der Waals surface area contributed by atoms with Crippen molar-refractivity contribution in [2.75, 3.05) is 12.8 Å². The fourth-order valence-corrected chi connectivity index (χ4v) is 3.19. The predicted molar refractivity (Wildman–Crippen MR) is 108 cm³/mol. The van der Waals surface area contributed by atoms with Crippen molar-refractivity contribution >= 4 is 23.5 Å². The number of nitrogen functional groups attached to an aromatic ring is 1. The molecule has 0 radical (unpaired) electrons. The summed E-state index contributed by atoms with van der Waals surface area (Å²) in [5.74, 6) is -0.704. The van der Waals surface area contributed by atoms with E-state index in [1.54, 1.807) is 55.6 Å². The van der Waals surface area contributed by atoms with Crippen molar-refractivity contribution in [3.05, 3.63) is 81.6 Å². The number of nitrogens with zero attached hydrogens (tertiary/aromatic N) is 1. The highest BCUT2D eigenvalue weighted by Gasteiger charge is 2.31. The van der Waals surface area contributed by atoms with Gasteiger partial charge in [0, 0.05) is 18.7 Å². The third kappa shape index (κ3) is 3.18. The lowest BCUT2D eigenvalue weighted by Gasteiger charge is -2.13. The molecule has 3 aromatic rings. The molecule has 0 fully saturated rings. The van der Waals surface area contributed by atoms with Crippen LogP contribution in [0.2, 0.25) is 0 Å². The van der Waals surface area contributed by atoms with Gasteiger partial charge < -0.3 is 15.8 Å². The zero-order valence-corrected chi connectivity index (χ0v) is 15.8. The molecule has 1 aliphatic heterocycles. The van der Waals surface area contributed by atoms with Crippen LogP contribution in [0.5, 0.6) is 11.5 Å². The van der Waals surface area contributed by atoms with Gasteiger partial charge in [0.2, 0.25) is 0 Å². The fraction of sp³-hybridized carbons (Fsp3) is 0.0476. The molecule has 30 heavy (non-hydrogen) atoms. The van der Waals surface area contributed by atoms with E-state index in [1.165, 1.54) is 0 Å². The Bertz CT molecular complexity index is 1260. The quantitative estimate of drug-likeness (QED) is 0.564. The molecule has 2 aromatic carbocycles. The maximum Gasteiger partial charge on any atom is 0.262 e. The Hall–Kier alpha value is -4.40. The van der Waals surface area contributed by atoms with Crippen molar-refractivity contribution in [2.45, 2.75) is 0 Å². The fourth-order valence-electron chi connectivity index (χ4n) is 3.19. The van der Waals surface area contributed by atoms with Crippen LogP contribution in [-0.4, -0.2) is 29.3 Å². The summed E-state index contributed by atoms with van der Waals surface area (Å²) in [6, 6.07) is 14.2. The average Bonchev–Trinajstić information content (AvgIpc) is 3.02. The van der Waals surface area contributed by atoms with Crippen LogP contribution in [0.15, 0.2) is 59.4 Å². The van der Waals surface area contributed by atoms with Gasteiger partial charge in [0.15, 0.2) is 0 Å². The van der Waals surface area contributed by atoms with Gasteiger partial charge in [-0.1, -0.05) is 6.07 Å². The van der Waals surface area contributed by atoms with Crippen LogP contribution in [0.4, 0.5) is 5.82 Å². The second kappa shape index (κ2) is 7.21. The number of aromatic nitrogens is 1. The first kappa shape index (κ1) is 18.9. The van der Waals surface area contributed by atoms with Crippen molar-refractivity contribution in [1.82, 2.24) is 15.2 Å². The van der Waals surface area contributed by atoms with E-state index in [0.717, 1.165) is 10.6 Å². The van der Waals surface area contributed by atoms with Crippen LogP contribution in [0.3, 0.4) is 0 Å². The number of nitrogens with two attached hydrogens (primary N) is 1. The van der Waals surface area contributed by atoms with Crippen molar-refractivity contribution in [1.29, 1.82) is 0 Å². The number of carbonyl (C=O) groups excluding carboxylic acids is 3. The number of benzene rings is 2. The highest BCUT2D eigenvalue weighted by molar-refractivity contribution is 6.23. The molecule has 4 rings (SSSR count). The largest absolute Gasteiger partial charge is 0.457 e. The normalized spacial score (nSPS) is 12.3. The molecule has 0 saturated heterocycles. The lowest BCUT2D eigenvalue weighted by Crippen LogP contribution is -2.24. The van der Waals surface area contributed by atoms with E-state index >= 15 is 0 Å². The van der Waals surface area contributed by atoms with Gasteiger partial charge in [-0.05, 0) is 42.5 Å². The lowest BCUT2D eigenvalue weighted by molar-refractivity contribution is 0.0878. The van der Waals surface area contributed by atoms with Crippen LogP contribution in [0.1, 0.15) is 31.1 Å². The van der Waals surface area contributed by atoms with Gasteiger partial charge in [0.25, 0.3) is 23.3 Å². The predicted octanol–water partition coefficient (Wildman–Crippen LogP) is 1.46. The average molecular weight is 404 g/mol. The first-order valence-electron chi connectivity index (χ1n) is 8.90. The first-order chi connectivity index (χ1) is 14.4. The van der Waals surface area contributed by atoms with E-state index < -0.39 is 17.4 Å². The van der Waals surface area contributed by atoms with E-state index in [0.29, 0.717) is 22.7 Å². The minimum Gasteiger partial charge on any atom is -0.457 e. The second-order valence-electron chi connectivity index (χ2n) is 6.48. The SMILES string of the molecule is CNC(=O)c1cccc(Oc2ccc(-n3c(N)c4c(cc3=O)C(=O)NC4=O)cc2)c1. The second-order valence-corrected chi connectivity index (χ2v) is 6.48. The number of fused-ring (bicyclic) bond motifs is 1. The topological polar surface area (TPSA) is 133 Å². The van der Waals surface area contributed by atoms with Crippen LogP contribution >= 0.6 is 0 Å². The molecule has 0 aliphatic carbocycles. The van der Waals surface area contributed by atoms with Crippen LogP contribution in [-0.2, 0) is 0 Å². The third-order valence-corrected chi connectivity index (χ3v) is 4.61. The van der Waals surface area contributed by atoms with Gasteiger partial charge in [-0.3, -0.25) is 29.1 Å². The summed E-state index contributed by atoms with van der Waals surface area (Å²) >= 11 is 0. The number of anilines is 1. The highest BCUT2D eigenvalue weighted by atomic mass is 16.5. The monoisotopic (exact) mass is 404 g/mol. The van der Waals surface area contributed by atoms with Crippen LogP contribution < -0.4 is 26.7 Å². The van der Waals surface area contributed by atoms with Crippen molar-refractivity contribution in [2.24, 2.45) is 0 Å². The standard InChI is InChI=1S/C21H16N4O5/c1-23-19(27)11-3-2-4-14(9-11)30-13-7-5-12(6-8-13)25-16(26)10-15-17(18(25)22)21(29)24-20(15)28/h2-10H,22H2,1H3,(H,23,27)(H,24,28,29). The summed E-state index contributed by atoms with van der Waals surface area (Å²) in [6.45, 7) is 0. The Kier molecular flexibility index (Phi) is 4.55. The van der Waals surface area contributed by atoms with E-state index in [9.17, 15) is 19.2 Å². The summed E-state index contributed by atoms with van der Waals surface area (Å²) in [5, 5.41) is 4.67. The third-order valence-electron chi connectivity index (χ3n) is 4.61. The zero-order valence-electron chi connectivity index (χ0n) is 15.8. The molecule has 3 amide bonds. The number of pyridine rings is 1. The smallest absolute Gasteiger partial charge is 0.262 e. The number of rotatable bonds is 4. The molecule has 2 heterocycles. The summed E-state index contributed by atoms with van der Waals surface area (Å²) in [4.78, 5) is 48.0. The van der Waals surface area contributed by atoms with Gasteiger partial charge in [0.05, 0.1) is 16.8 Å². The highest BCUT2D eigenvalue weighted by Crippen LogP contribution is 2.26. The number of hydrogen-bond acceptors (Lipinski definition) is 6. The molecule has 150 valence electrons. The molecule has 0 unspecified atom stereocenters. The Morgan fingerprint density at radius 1 is 1.00 bits per heavy atom. The number of imide groups is 1. The van der Waals surface area contributed by atoms with Crippen LogP contribution in [0, 0.1) is 0 Å². The molecule has 9 nitrogen and oxygen atoms in total. The molecule has 0 spiro atoms. The molecular formula is C21H16N4O5. The molecule has 4 N–H and O–H groups in total. The zero-order chi connectivity index (χ0) is 21.4. The Morgan fingerprint density at radius 3 is 2.43 bits per heavy atom. The molecule has 1 aromatic heterocycles. The molecule has 9 heteroatoms. The Morgan fingerprint density at radius 2 is 1.73 bits per heavy atom. The first-order valence-corrected chi connectivity index (χ1v) is 8.90. The van der Waals surface area contributed by atoms with Crippen molar-refractivity contribution in [3.8, 4) is 17.2 Å². The number of amides is 3. The van der Waals surface area contributed by atoms with Crippen molar-refractivity contribution in [3.63, 3.8) is 0 Å².